The van der Waals surface area contributed by atoms with Crippen LogP contribution in [-0.4, -0.2) is 70.3 Å². The summed E-state index contributed by atoms with van der Waals surface area (Å²) in [6, 6.07) is 0. The average Bonchev–Trinajstić information content (AvgIpc) is 3.16. The molecular weight excluding hydrogens is 444 g/mol. The van der Waals surface area contributed by atoms with Crippen LogP contribution in [-0.2, 0) is 9.53 Å². The monoisotopic (exact) mass is 463 g/mol. The average molecular weight is 463 g/mol. The van der Waals surface area contributed by atoms with Crippen LogP contribution in [0, 0.1) is 0 Å². The number of aromatic nitrogens is 2. The molecule has 176 valence electrons. The van der Waals surface area contributed by atoms with Gasteiger partial charge in [-0.05, 0) is 12.8 Å². The van der Waals surface area contributed by atoms with Crippen molar-refractivity contribution in [1.29, 1.82) is 0 Å². The van der Waals surface area contributed by atoms with E-state index in [4.69, 9.17) is 24.5 Å². The van der Waals surface area contributed by atoms with Crippen LogP contribution in [0.15, 0.2) is 6.33 Å². The van der Waals surface area contributed by atoms with E-state index in [9.17, 15) is 31.1 Å². The number of alkyl halides is 6. The van der Waals surface area contributed by atoms with Gasteiger partial charge in [-0.1, -0.05) is 12.8 Å². The quantitative estimate of drug-likeness (QED) is 0.522. The largest absolute Gasteiger partial charge is 0.491 e. The molecule has 1 aliphatic carbocycles. The Kier molecular flexibility index (Phi) is 9.27. The van der Waals surface area contributed by atoms with Gasteiger partial charge in [0.25, 0.3) is 0 Å². The number of methoxy groups -OCH3 is 1. The molecule has 0 aromatic carbocycles. The molecule has 3 N–H and O–H groups in total. The number of anilines is 1. The maximum absolute atomic E-state index is 13.1. The number of nitrogens with one attached hydrogen (secondary N) is 1. The van der Waals surface area contributed by atoms with Crippen molar-refractivity contribution in [1.82, 2.24) is 9.97 Å². The molecule has 0 saturated heterocycles. The smallest absolute Gasteiger partial charge is 0.490 e. The highest BCUT2D eigenvalue weighted by Gasteiger charge is 2.42. The van der Waals surface area contributed by atoms with Crippen molar-refractivity contribution in [2.24, 2.45) is 0 Å². The minimum absolute atomic E-state index is 0.130. The van der Waals surface area contributed by atoms with Crippen molar-refractivity contribution in [3.05, 3.63) is 12.0 Å². The number of halogens is 6. The maximum atomic E-state index is 13.1. The first-order valence-corrected chi connectivity index (χ1v) is 8.65. The fourth-order valence-electron chi connectivity index (χ4n) is 2.53. The number of carboxylic acid groups (broad SMARTS) is 2. The number of ether oxygens (including phenoxy) is 2. The molecule has 31 heavy (non-hydrogen) atoms. The van der Waals surface area contributed by atoms with Crippen molar-refractivity contribution in [3.63, 3.8) is 0 Å². The Morgan fingerprint density at radius 3 is 2.13 bits per heavy atom. The highest BCUT2D eigenvalue weighted by Crippen LogP contribution is 2.30. The fourth-order valence-corrected chi connectivity index (χ4v) is 2.53. The van der Waals surface area contributed by atoms with Crippen LogP contribution in [0.5, 0.6) is 5.75 Å². The minimum Gasteiger partial charge on any atom is -0.491 e. The Labute approximate surface area is 171 Å². The third kappa shape index (κ3) is 8.43. The summed E-state index contributed by atoms with van der Waals surface area (Å²) in [5.41, 5.74) is -0.435. The van der Waals surface area contributed by atoms with Crippen molar-refractivity contribution < 1.29 is 55.6 Å². The van der Waals surface area contributed by atoms with Crippen LogP contribution in [0.2, 0.25) is 0 Å². The molecule has 15 heteroatoms. The van der Waals surface area contributed by atoms with Gasteiger partial charge >= 0.3 is 24.3 Å². The molecule has 0 spiro atoms. The van der Waals surface area contributed by atoms with Crippen LogP contribution in [0.4, 0.5) is 32.2 Å². The van der Waals surface area contributed by atoms with Gasteiger partial charge in [0, 0.05) is 0 Å². The lowest BCUT2D eigenvalue weighted by Gasteiger charge is -2.25. The number of nitrogens with zero attached hydrogens (tertiary/aromatic N) is 2. The summed E-state index contributed by atoms with van der Waals surface area (Å²) < 4.78 is 81.2. The molecule has 1 fully saturated rings. The number of aromatic carboxylic acids is 1. The number of hydrogen-bond acceptors (Lipinski definition) is 7. The molecular formula is C16H19F6N3O6. The second-order valence-electron chi connectivity index (χ2n) is 6.17. The van der Waals surface area contributed by atoms with E-state index >= 15 is 0 Å². The van der Waals surface area contributed by atoms with Crippen molar-refractivity contribution >= 4 is 17.8 Å². The Bertz CT molecular complexity index is 752. The third-order valence-electron chi connectivity index (χ3n) is 3.93. The van der Waals surface area contributed by atoms with Crippen molar-refractivity contribution in [2.45, 2.75) is 50.2 Å². The van der Waals surface area contributed by atoms with Gasteiger partial charge in [0.05, 0.1) is 19.8 Å². The minimum atomic E-state index is -5.08. The van der Waals surface area contributed by atoms with Gasteiger partial charge in [-0.15, -0.1) is 0 Å². The van der Waals surface area contributed by atoms with E-state index in [1.165, 1.54) is 7.11 Å². The normalized spacial score (nSPS) is 15.6. The second kappa shape index (κ2) is 11.0. The van der Waals surface area contributed by atoms with Crippen LogP contribution in [0.25, 0.3) is 0 Å². The predicted octanol–water partition coefficient (Wildman–Crippen LogP) is 3.12. The number of rotatable bonds is 7. The molecule has 1 aliphatic rings. The lowest BCUT2D eigenvalue weighted by Crippen LogP contribution is -2.40. The van der Waals surface area contributed by atoms with Gasteiger partial charge < -0.3 is 25.0 Å². The number of carbonyl (C=O) groups is 2. The van der Waals surface area contributed by atoms with E-state index in [2.05, 4.69) is 15.3 Å². The summed E-state index contributed by atoms with van der Waals surface area (Å²) in [6.45, 7) is -0.605. The third-order valence-corrected chi connectivity index (χ3v) is 3.93. The molecule has 1 aromatic rings. The highest BCUT2D eigenvalue weighted by molar-refractivity contribution is 5.90. The summed E-state index contributed by atoms with van der Waals surface area (Å²) >= 11 is 0. The van der Waals surface area contributed by atoms with E-state index < -0.39 is 48.7 Å². The SMILES string of the molecule is COc1c(NCC(OC2CCCC2)C(F)(F)F)ncnc1C(=O)O.O=C(O)C(F)(F)F. The lowest BCUT2D eigenvalue weighted by atomic mass is 10.2. The molecule has 1 aromatic heterocycles. The van der Waals surface area contributed by atoms with Gasteiger partial charge in [-0.2, -0.15) is 26.3 Å². The van der Waals surface area contributed by atoms with Crippen LogP contribution < -0.4 is 10.1 Å². The van der Waals surface area contributed by atoms with Crippen molar-refractivity contribution in [3.8, 4) is 5.75 Å². The Balaban J connectivity index is 0.000000592. The molecule has 2 rings (SSSR count). The summed E-state index contributed by atoms with van der Waals surface area (Å²) in [4.78, 5) is 27.2. The fraction of sp³-hybridized carbons (Fsp3) is 0.625. The zero-order chi connectivity index (χ0) is 23.8. The maximum Gasteiger partial charge on any atom is 0.490 e. The van der Waals surface area contributed by atoms with Gasteiger partial charge in [0.2, 0.25) is 0 Å². The van der Waals surface area contributed by atoms with E-state index in [1.54, 1.807) is 0 Å². The number of carboxylic acids is 2. The van der Waals surface area contributed by atoms with E-state index in [1.807, 2.05) is 0 Å². The van der Waals surface area contributed by atoms with Gasteiger partial charge in [0.15, 0.2) is 23.4 Å². The highest BCUT2D eigenvalue weighted by atomic mass is 19.4. The standard InChI is InChI=1S/C14H18F3N3O4.C2HF3O2/c1-23-11-10(13(21)22)19-7-20-12(11)18-6-9(14(15,16)17)24-8-4-2-3-5-8;3-2(4,5)1(6)7/h7-9H,2-6H2,1H3,(H,21,22)(H,18,19,20);(H,6,7). The summed E-state index contributed by atoms with van der Waals surface area (Å²) in [7, 11) is 1.19. The summed E-state index contributed by atoms with van der Waals surface area (Å²) in [5.74, 6) is -4.49. The van der Waals surface area contributed by atoms with Gasteiger partial charge in [0.1, 0.15) is 6.33 Å². The zero-order valence-corrected chi connectivity index (χ0v) is 16.0. The molecule has 0 bridgehead atoms. The van der Waals surface area contributed by atoms with E-state index in [-0.39, 0.29) is 11.6 Å². The van der Waals surface area contributed by atoms with Crippen molar-refractivity contribution in [2.75, 3.05) is 19.0 Å². The molecule has 9 nitrogen and oxygen atoms in total. The molecule has 0 radical (unpaired) electrons. The number of hydrogen-bond donors (Lipinski definition) is 3. The molecule has 1 heterocycles. The second-order valence-corrected chi connectivity index (χ2v) is 6.17. The van der Waals surface area contributed by atoms with Crippen LogP contribution in [0.3, 0.4) is 0 Å². The van der Waals surface area contributed by atoms with E-state index in [0.29, 0.717) is 12.8 Å². The van der Waals surface area contributed by atoms with E-state index in [0.717, 1.165) is 19.2 Å². The Morgan fingerprint density at radius 2 is 1.71 bits per heavy atom. The Morgan fingerprint density at radius 1 is 1.16 bits per heavy atom. The lowest BCUT2D eigenvalue weighted by molar-refractivity contribution is -0.227. The first-order chi connectivity index (χ1) is 14.3. The molecule has 0 aliphatic heterocycles. The molecule has 0 amide bonds. The van der Waals surface area contributed by atoms with Gasteiger partial charge in [-0.3, -0.25) is 0 Å². The summed E-state index contributed by atoms with van der Waals surface area (Å²) in [5, 5.41) is 18.6. The van der Waals surface area contributed by atoms with Gasteiger partial charge in [-0.25, -0.2) is 19.6 Å². The first-order valence-electron chi connectivity index (χ1n) is 8.65. The Hall–Kier alpha value is -2.84. The van der Waals surface area contributed by atoms with Crippen LogP contribution >= 0.6 is 0 Å². The number of aliphatic carboxylic acids is 1. The first kappa shape index (κ1) is 26.2. The molecule has 1 atom stereocenters. The molecule has 1 saturated carbocycles. The van der Waals surface area contributed by atoms with Crippen LogP contribution in [0.1, 0.15) is 36.2 Å². The molecule has 1 unspecified atom stereocenters. The zero-order valence-electron chi connectivity index (χ0n) is 16.0. The predicted molar refractivity (Wildman–Crippen MR) is 90.9 cm³/mol. The topological polar surface area (TPSA) is 131 Å². The summed E-state index contributed by atoms with van der Waals surface area (Å²) in [6.07, 6.45) is -8.22.